The quantitative estimate of drug-likeness (QED) is 0.571. The van der Waals surface area contributed by atoms with Crippen LogP contribution in [0.1, 0.15) is 5.56 Å². The molecule has 1 nitrogen and oxygen atoms in total. The van der Waals surface area contributed by atoms with Crippen molar-refractivity contribution in [2.45, 2.75) is 0 Å². The van der Waals surface area contributed by atoms with E-state index in [1.165, 1.54) is 12.1 Å². The third kappa shape index (κ3) is 1.57. The fourth-order valence-electron chi connectivity index (χ4n) is 0.997. The second-order valence-electron chi connectivity index (χ2n) is 2.70. The summed E-state index contributed by atoms with van der Waals surface area (Å²) in [5.41, 5.74) is 1.44. The van der Waals surface area contributed by atoms with E-state index in [1.807, 2.05) is 14.1 Å². The molecule has 62 valence electrons. The summed E-state index contributed by atoms with van der Waals surface area (Å²) in [5, 5.41) is 0. The van der Waals surface area contributed by atoms with Crippen molar-refractivity contribution in [3.63, 3.8) is 0 Å². The van der Waals surface area contributed by atoms with Crippen molar-refractivity contribution < 1.29 is 4.39 Å². The van der Waals surface area contributed by atoms with Crippen molar-refractivity contribution in [3.05, 3.63) is 29.6 Å². The Bertz CT molecular complexity index is 323. The first-order valence-corrected chi connectivity index (χ1v) is 3.58. The number of rotatable bonds is 1. The van der Waals surface area contributed by atoms with Crippen molar-refractivity contribution in [1.82, 2.24) is 0 Å². The molecular weight excluding hydrogens is 153 g/mol. The van der Waals surface area contributed by atoms with Crippen LogP contribution in [0.25, 0.3) is 0 Å². The molecule has 0 N–H and O–H groups in total. The van der Waals surface area contributed by atoms with Crippen molar-refractivity contribution in [1.29, 1.82) is 0 Å². The molecule has 0 aliphatic carbocycles. The van der Waals surface area contributed by atoms with Gasteiger partial charge in [0.25, 0.3) is 0 Å². The highest BCUT2D eigenvalue weighted by molar-refractivity contribution is 5.59. The second kappa shape index (κ2) is 3.27. The molecule has 0 radical (unpaired) electrons. The predicted molar refractivity (Wildman–Crippen MR) is 48.7 cm³/mol. The first-order chi connectivity index (χ1) is 5.65. The fraction of sp³-hybridized carbons (Fsp3) is 0.200. The van der Waals surface area contributed by atoms with Crippen LogP contribution in [0.4, 0.5) is 10.1 Å². The van der Waals surface area contributed by atoms with E-state index in [4.69, 9.17) is 6.42 Å². The van der Waals surface area contributed by atoms with Crippen LogP contribution in [0, 0.1) is 18.2 Å². The normalized spacial score (nSPS) is 9.17. The molecule has 0 atom stereocenters. The van der Waals surface area contributed by atoms with Gasteiger partial charge in [0.15, 0.2) is 0 Å². The maximum Gasteiger partial charge on any atom is 0.125 e. The molecule has 0 aromatic heterocycles. The van der Waals surface area contributed by atoms with E-state index in [-0.39, 0.29) is 5.82 Å². The van der Waals surface area contributed by atoms with Crippen molar-refractivity contribution in [2.75, 3.05) is 19.0 Å². The lowest BCUT2D eigenvalue weighted by Crippen LogP contribution is -2.10. The minimum absolute atomic E-state index is 0.266. The number of nitrogens with zero attached hydrogens (tertiary/aromatic N) is 1. The highest BCUT2D eigenvalue weighted by atomic mass is 19.1. The summed E-state index contributed by atoms with van der Waals surface area (Å²) >= 11 is 0. The summed E-state index contributed by atoms with van der Waals surface area (Å²) in [6.07, 6.45) is 5.24. The molecule has 0 aliphatic heterocycles. The van der Waals surface area contributed by atoms with E-state index in [1.54, 1.807) is 11.0 Å². The van der Waals surface area contributed by atoms with Crippen LogP contribution in [0.5, 0.6) is 0 Å². The lowest BCUT2D eigenvalue weighted by Gasteiger charge is -2.14. The molecule has 1 aromatic rings. The zero-order chi connectivity index (χ0) is 9.14. The van der Waals surface area contributed by atoms with Gasteiger partial charge in [-0.1, -0.05) is 5.92 Å². The smallest absolute Gasteiger partial charge is 0.125 e. The average Bonchev–Trinajstić information content (AvgIpc) is 2.04. The molecule has 2 heteroatoms. The van der Waals surface area contributed by atoms with Crippen LogP contribution in [-0.4, -0.2) is 14.1 Å². The van der Waals surface area contributed by atoms with Crippen LogP contribution in [0.15, 0.2) is 18.2 Å². The molecule has 0 saturated carbocycles. The van der Waals surface area contributed by atoms with Gasteiger partial charge in [-0.25, -0.2) is 4.39 Å². The molecular formula is C10H10FN. The molecule has 0 fully saturated rings. The molecule has 0 amide bonds. The van der Waals surface area contributed by atoms with Gasteiger partial charge in [-0.05, 0) is 18.2 Å². The Morgan fingerprint density at radius 1 is 1.42 bits per heavy atom. The summed E-state index contributed by atoms with van der Waals surface area (Å²) in [7, 11) is 3.66. The summed E-state index contributed by atoms with van der Waals surface area (Å²) in [6.45, 7) is 0. The van der Waals surface area contributed by atoms with E-state index >= 15 is 0 Å². The highest BCUT2D eigenvalue weighted by Crippen LogP contribution is 2.18. The number of hydrogen-bond donors (Lipinski definition) is 0. The molecule has 0 heterocycles. The maximum absolute atomic E-state index is 12.7. The zero-order valence-corrected chi connectivity index (χ0v) is 7.13. The molecule has 1 aromatic carbocycles. The summed E-state index contributed by atoms with van der Waals surface area (Å²) in [5.74, 6) is 2.23. The molecule has 12 heavy (non-hydrogen) atoms. The standard InChI is InChI=1S/C10H10FN/c1-4-8-5-6-9(11)7-10(8)12(2)3/h1,5-7H,2-3H3. The number of hydrogen-bond acceptors (Lipinski definition) is 1. The lowest BCUT2D eigenvalue weighted by atomic mass is 10.2. The number of halogens is 1. The minimum atomic E-state index is -0.266. The topological polar surface area (TPSA) is 3.24 Å². The number of terminal acetylenes is 1. The van der Waals surface area contributed by atoms with Gasteiger partial charge in [-0.3, -0.25) is 0 Å². The van der Waals surface area contributed by atoms with E-state index in [0.717, 1.165) is 5.69 Å². The van der Waals surface area contributed by atoms with Crippen molar-refractivity contribution in [2.24, 2.45) is 0 Å². The van der Waals surface area contributed by atoms with Crippen LogP contribution in [0.2, 0.25) is 0 Å². The maximum atomic E-state index is 12.7. The predicted octanol–water partition coefficient (Wildman–Crippen LogP) is 1.87. The van der Waals surface area contributed by atoms with Gasteiger partial charge in [0.05, 0.1) is 5.69 Å². The average molecular weight is 163 g/mol. The van der Waals surface area contributed by atoms with Crippen molar-refractivity contribution in [3.8, 4) is 12.3 Å². The van der Waals surface area contributed by atoms with Crippen LogP contribution in [-0.2, 0) is 0 Å². The number of anilines is 1. The third-order valence-electron chi connectivity index (χ3n) is 1.60. The van der Waals surface area contributed by atoms with Gasteiger partial charge in [0.2, 0.25) is 0 Å². The van der Waals surface area contributed by atoms with Gasteiger partial charge in [0, 0.05) is 19.7 Å². The Labute approximate surface area is 71.8 Å². The summed E-state index contributed by atoms with van der Waals surface area (Å²) in [6, 6.07) is 4.39. The van der Waals surface area contributed by atoms with E-state index < -0.39 is 0 Å². The first kappa shape index (κ1) is 8.61. The highest BCUT2D eigenvalue weighted by Gasteiger charge is 2.02. The summed E-state index contributed by atoms with van der Waals surface area (Å²) < 4.78 is 12.7. The van der Waals surface area contributed by atoms with Gasteiger partial charge < -0.3 is 4.90 Å². The minimum Gasteiger partial charge on any atom is -0.377 e. The first-order valence-electron chi connectivity index (χ1n) is 3.58. The van der Waals surface area contributed by atoms with Crippen molar-refractivity contribution >= 4 is 5.69 Å². The van der Waals surface area contributed by atoms with Gasteiger partial charge in [0.1, 0.15) is 5.82 Å². The van der Waals surface area contributed by atoms with Crippen LogP contribution in [0.3, 0.4) is 0 Å². The van der Waals surface area contributed by atoms with Crippen LogP contribution >= 0.6 is 0 Å². The lowest BCUT2D eigenvalue weighted by molar-refractivity contribution is 0.627. The number of benzene rings is 1. The third-order valence-corrected chi connectivity index (χ3v) is 1.60. The van der Waals surface area contributed by atoms with Gasteiger partial charge >= 0.3 is 0 Å². The Hall–Kier alpha value is -1.49. The Kier molecular flexibility index (Phi) is 2.35. The van der Waals surface area contributed by atoms with E-state index in [2.05, 4.69) is 5.92 Å². The summed E-state index contributed by atoms with van der Waals surface area (Å²) in [4.78, 5) is 1.79. The van der Waals surface area contributed by atoms with E-state index in [9.17, 15) is 4.39 Å². The molecule has 0 unspecified atom stereocenters. The monoisotopic (exact) mass is 163 g/mol. The zero-order valence-electron chi connectivity index (χ0n) is 7.13. The van der Waals surface area contributed by atoms with E-state index in [0.29, 0.717) is 5.56 Å². The van der Waals surface area contributed by atoms with Gasteiger partial charge in [-0.2, -0.15) is 0 Å². The van der Waals surface area contributed by atoms with Gasteiger partial charge in [-0.15, -0.1) is 6.42 Å². The second-order valence-corrected chi connectivity index (χ2v) is 2.70. The Morgan fingerprint density at radius 2 is 2.08 bits per heavy atom. The molecule has 0 spiro atoms. The Balaban J connectivity index is 3.24. The molecule has 1 rings (SSSR count). The fourth-order valence-corrected chi connectivity index (χ4v) is 0.997. The van der Waals surface area contributed by atoms with Crippen LogP contribution < -0.4 is 4.90 Å². The molecule has 0 aliphatic rings. The Morgan fingerprint density at radius 3 is 2.58 bits per heavy atom. The SMILES string of the molecule is C#Cc1ccc(F)cc1N(C)C. The molecule has 0 bridgehead atoms. The largest absolute Gasteiger partial charge is 0.377 e. The molecule has 0 saturated heterocycles.